The lowest BCUT2D eigenvalue weighted by Gasteiger charge is -2.33. The van der Waals surface area contributed by atoms with Gasteiger partial charge >= 0.3 is 0 Å². The van der Waals surface area contributed by atoms with Crippen molar-refractivity contribution in [3.05, 3.63) is 40.8 Å². The quantitative estimate of drug-likeness (QED) is 0.853. The van der Waals surface area contributed by atoms with Crippen LogP contribution in [0, 0.1) is 5.92 Å². The minimum atomic E-state index is -0.214. The molecule has 126 valence electrons. The molecule has 5 nitrogen and oxygen atoms in total. The van der Waals surface area contributed by atoms with E-state index in [1.807, 2.05) is 24.3 Å². The van der Waals surface area contributed by atoms with Crippen LogP contribution in [0.25, 0.3) is 11.0 Å². The van der Waals surface area contributed by atoms with Crippen molar-refractivity contribution in [3.8, 4) is 0 Å². The summed E-state index contributed by atoms with van der Waals surface area (Å²) in [6.07, 6.45) is 7.23. The highest BCUT2D eigenvalue weighted by Gasteiger charge is 2.42. The molecule has 1 aliphatic heterocycles. The van der Waals surface area contributed by atoms with E-state index in [1.165, 1.54) is 25.5 Å². The Morgan fingerprint density at radius 2 is 2.04 bits per heavy atom. The number of carbonyl (C=O) groups excluding carboxylic acids is 1. The maximum atomic E-state index is 13.0. The molecule has 2 aliphatic rings. The summed E-state index contributed by atoms with van der Waals surface area (Å²) in [5.41, 5.74) is 1.26. The monoisotopic (exact) mass is 325 g/mol. The van der Waals surface area contributed by atoms with Crippen molar-refractivity contribution in [2.24, 2.45) is 5.92 Å². The van der Waals surface area contributed by atoms with Gasteiger partial charge in [-0.3, -0.25) is 14.2 Å². The van der Waals surface area contributed by atoms with Gasteiger partial charge in [-0.1, -0.05) is 25.0 Å². The molecule has 2 aromatic rings. The third-order valence-corrected chi connectivity index (χ3v) is 5.68. The molecule has 0 radical (unpaired) electrons. The summed E-state index contributed by atoms with van der Waals surface area (Å²) in [5.74, 6) is 0.707. The normalized spacial score (nSPS) is 26.5. The predicted molar refractivity (Wildman–Crippen MR) is 92.7 cm³/mol. The van der Waals surface area contributed by atoms with Crippen LogP contribution in [0.5, 0.6) is 0 Å². The number of aromatic nitrogens is 2. The van der Waals surface area contributed by atoms with Crippen LogP contribution in [0.4, 0.5) is 0 Å². The Balaban J connectivity index is 1.65. The Hall–Kier alpha value is -2.17. The number of amides is 1. The predicted octanol–water partition coefficient (Wildman–Crippen LogP) is 2.58. The topological polar surface area (TPSA) is 55.2 Å². The summed E-state index contributed by atoms with van der Waals surface area (Å²) in [4.78, 5) is 31.5. The minimum Gasteiger partial charge on any atom is -0.335 e. The van der Waals surface area contributed by atoms with Gasteiger partial charge in [-0.2, -0.15) is 0 Å². The fourth-order valence-electron chi connectivity index (χ4n) is 4.63. The molecule has 24 heavy (non-hydrogen) atoms. The number of benzene rings is 1. The maximum absolute atomic E-state index is 13.0. The zero-order valence-electron chi connectivity index (χ0n) is 14.0. The van der Waals surface area contributed by atoms with Crippen LogP contribution in [-0.4, -0.2) is 32.4 Å². The Labute approximate surface area is 141 Å². The van der Waals surface area contributed by atoms with Crippen LogP contribution >= 0.6 is 0 Å². The van der Waals surface area contributed by atoms with Crippen molar-refractivity contribution in [1.29, 1.82) is 0 Å². The van der Waals surface area contributed by atoms with E-state index in [9.17, 15) is 9.59 Å². The largest absolute Gasteiger partial charge is 0.335 e. The van der Waals surface area contributed by atoms with Crippen molar-refractivity contribution in [2.75, 3.05) is 0 Å². The van der Waals surface area contributed by atoms with Crippen LogP contribution in [0.2, 0.25) is 0 Å². The lowest BCUT2D eigenvalue weighted by molar-refractivity contribution is -0.135. The first-order chi connectivity index (χ1) is 11.6. The van der Waals surface area contributed by atoms with Gasteiger partial charge in [0.1, 0.15) is 6.54 Å². The number of rotatable bonds is 2. The number of nitrogens with zero attached hydrogens (tertiary/aromatic N) is 3. The van der Waals surface area contributed by atoms with E-state index in [1.54, 1.807) is 4.57 Å². The van der Waals surface area contributed by atoms with E-state index in [2.05, 4.69) is 16.8 Å². The first-order valence-corrected chi connectivity index (χ1v) is 8.91. The fraction of sp³-hybridized carbons (Fsp3) is 0.526. The molecule has 1 aromatic carbocycles. The number of likely N-dealkylation sites (tertiary alicyclic amines) is 1. The minimum absolute atomic E-state index is 0.0651. The Morgan fingerprint density at radius 1 is 1.25 bits per heavy atom. The molecule has 1 saturated heterocycles. The maximum Gasteiger partial charge on any atom is 0.269 e. The molecule has 0 bridgehead atoms. The lowest BCUT2D eigenvalue weighted by Crippen LogP contribution is -2.45. The zero-order chi connectivity index (χ0) is 16.7. The molecular formula is C19H23N3O2. The number of para-hydroxylation sites is 2. The third kappa shape index (κ3) is 2.52. The summed E-state index contributed by atoms with van der Waals surface area (Å²) < 4.78 is 1.56. The molecule has 2 fully saturated rings. The van der Waals surface area contributed by atoms with Crippen LogP contribution in [0.3, 0.4) is 0 Å². The highest BCUT2D eigenvalue weighted by Crippen LogP contribution is 2.39. The molecule has 0 N–H and O–H groups in total. The summed E-state index contributed by atoms with van der Waals surface area (Å²) in [7, 11) is 0. The second kappa shape index (κ2) is 6.04. The van der Waals surface area contributed by atoms with Crippen molar-refractivity contribution < 1.29 is 4.79 Å². The molecule has 1 amide bonds. The second-order valence-corrected chi connectivity index (χ2v) is 7.17. The summed E-state index contributed by atoms with van der Waals surface area (Å²) in [5, 5.41) is 0. The standard InChI is InChI=1S/C19H23N3O2/c1-13-10-14-6-2-4-8-16(14)22(13)19(24)12-21-17-9-5-3-7-15(17)20-11-18(21)23/h3,5,7,9,11,13-14,16H,2,4,6,8,10,12H2,1H3/t13-,14+,16-/m1/s1. The average molecular weight is 325 g/mol. The highest BCUT2D eigenvalue weighted by atomic mass is 16.2. The van der Waals surface area contributed by atoms with Gasteiger partial charge in [-0.25, -0.2) is 4.98 Å². The second-order valence-electron chi connectivity index (χ2n) is 7.17. The van der Waals surface area contributed by atoms with Gasteiger partial charge in [0.25, 0.3) is 5.56 Å². The van der Waals surface area contributed by atoms with Gasteiger partial charge in [-0.15, -0.1) is 0 Å². The van der Waals surface area contributed by atoms with Crippen LogP contribution in [0.1, 0.15) is 39.0 Å². The summed E-state index contributed by atoms with van der Waals surface area (Å²) >= 11 is 0. The molecule has 0 spiro atoms. The van der Waals surface area contributed by atoms with Gasteiger partial charge in [-0.05, 0) is 44.2 Å². The molecule has 1 saturated carbocycles. The fourth-order valence-corrected chi connectivity index (χ4v) is 4.63. The van der Waals surface area contributed by atoms with Crippen LogP contribution in [0.15, 0.2) is 35.3 Å². The van der Waals surface area contributed by atoms with Crippen molar-refractivity contribution in [2.45, 2.75) is 57.7 Å². The van der Waals surface area contributed by atoms with Gasteiger partial charge in [0.2, 0.25) is 5.91 Å². The Kier molecular flexibility index (Phi) is 3.87. The van der Waals surface area contributed by atoms with E-state index < -0.39 is 0 Å². The van der Waals surface area contributed by atoms with Crippen LogP contribution in [-0.2, 0) is 11.3 Å². The van der Waals surface area contributed by atoms with Gasteiger partial charge in [0.15, 0.2) is 0 Å². The Morgan fingerprint density at radius 3 is 2.92 bits per heavy atom. The lowest BCUT2D eigenvalue weighted by atomic mass is 9.85. The molecular weight excluding hydrogens is 302 g/mol. The molecule has 3 atom stereocenters. The molecule has 4 rings (SSSR count). The molecule has 1 aromatic heterocycles. The van der Waals surface area contributed by atoms with Gasteiger partial charge < -0.3 is 4.90 Å². The van der Waals surface area contributed by atoms with E-state index in [0.29, 0.717) is 12.0 Å². The van der Waals surface area contributed by atoms with E-state index in [0.717, 1.165) is 23.9 Å². The van der Waals surface area contributed by atoms with E-state index in [4.69, 9.17) is 0 Å². The SMILES string of the molecule is C[C@@H]1C[C@@H]2CCCC[C@H]2N1C(=O)Cn1c(=O)cnc2ccccc21. The molecule has 1 aliphatic carbocycles. The summed E-state index contributed by atoms with van der Waals surface area (Å²) in [6, 6.07) is 8.12. The van der Waals surface area contributed by atoms with E-state index in [-0.39, 0.29) is 24.1 Å². The van der Waals surface area contributed by atoms with Crippen molar-refractivity contribution >= 4 is 16.9 Å². The summed E-state index contributed by atoms with van der Waals surface area (Å²) in [6.45, 7) is 2.25. The molecule has 2 heterocycles. The van der Waals surface area contributed by atoms with Gasteiger partial charge in [0, 0.05) is 12.1 Å². The van der Waals surface area contributed by atoms with Gasteiger partial charge in [0.05, 0.1) is 17.2 Å². The third-order valence-electron chi connectivity index (χ3n) is 5.68. The molecule has 0 unspecified atom stereocenters. The highest BCUT2D eigenvalue weighted by molar-refractivity contribution is 5.80. The smallest absolute Gasteiger partial charge is 0.269 e. The first-order valence-electron chi connectivity index (χ1n) is 8.91. The van der Waals surface area contributed by atoms with Crippen molar-refractivity contribution in [3.63, 3.8) is 0 Å². The number of carbonyl (C=O) groups is 1. The van der Waals surface area contributed by atoms with Crippen LogP contribution < -0.4 is 5.56 Å². The van der Waals surface area contributed by atoms with E-state index >= 15 is 0 Å². The molecule has 5 heteroatoms. The first kappa shape index (κ1) is 15.4. The Bertz CT molecular complexity index is 829. The average Bonchev–Trinajstić information content (AvgIpc) is 2.93. The number of hydrogen-bond donors (Lipinski definition) is 0. The number of fused-ring (bicyclic) bond motifs is 2. The zero-order valence-corrected chi connectivity index (χ0v) is 14.0. The number of hydrogen-bond acceptors (Lipinski definition) is 3. The van der Waals surface area contributed by atoms with Crippen molar-refractivity contribution in [1.82, 2.24) is 14.5 Å².